The lowest BCUT2D eigenvalue weighted by atomic mass is 10.0. The van der Waals surface area contributed by atoms with Gasteiger partial charge < -0.3 is 0 Å². The summed E-state index contributed by atoms with van der Waals surface area (Å²) in [7, 11) is 0. The quantitative estimate of drug-likeness (QED) is 0.610. The van der Waals surface area contributed by atoms with Crippen molar-refractivity contribution in [3.8, 4) is 11.1 Å². The maximum absolute atomic E-state index is 6.20. The van der Waals surface area contributed by atoms with Crippen LogP contribution in [0.5, 0.6) is 0 Å². The molecule has 16 heavy (non-hydrogen) atoms. The fourth-order valence-electron chi connectivity index (χ4n) is 1.78. The van der Waals surface area contributed by atoms with Crippen LogP contribution < -0.4 is 0 Å². The molecule has 3 heteroatoms. The van der Waals surface area contributed by atoms with E-state index in [-0.39, 0.29) is 0 Å². The molecule has 0 aliphatic rings. The van der Waals surface area contributed by atoms with Crippen molar-refractivity contribution in [3.63, 3.8) is 0 Å². The first-order valence-electron chi connectivity index (χ1n) is 4.93. The zero-order chi connectivity index (χ0) is 11.0. The molecular formula is C13H8ClNS. The van der Waals surface area contributed by atoms with Crippen LogP contribution in [0.15, 0.2) is 48.0 Å². The Bertz CT molecular complexity index is 645. The van der Waals surface area contributed by atoms with Gasteiger partial charge in [0.15, 0.2) is 0 Å². The van der Waals surface area contributed by atoms with Crippen LogP contribution in [0.25, 0.3) is 21.3 Å². The zero-order valence-electron chi connectivity index (χ0n) is 8.35. The summed E-state index contributed by atoms with van der Waals surface area (Å²) in [6.45, 7) is 0. The third-order valence-corrected chi connectivity index (χ3v) is 3.65. The van der Waals surface area contributed by atoms with Crippen LogP contribution in [0.3, 0.4) is 0 Å². The van der Waals surface area contributed by atoms with E-state index in [0.29, 0.717) is 0 Å². The van der Waals surface area contributed by atoms with E-state index >= 15 is 0 Å². The molecule has 0 bridgehead atoms. The summed E-state index contributed by atoms with van der Waals surface area (Å²) in [6, 6.07) is 14.0. The van der Waals surface area contributed by atoms with E-state index in [9.17, 15) is 0 Å². The summed E-state index contributed by atoms with van der Waals surface area (Å²) in [5, 5.41) is 0.767. The number of halogens is 1. The van der Waals surface area contributed by atoms with Gasteiger partial charge in [-0.3, -0.25) is 0 Å². The highest BCUT2D eigenvalue weighted by Gasteiger charge is 2.08. The number of hydrogen-bond donors (Lipinski definition) is 0. The van der Waals surface area contributed by atoms with Gasteiger partial charge in [-0.15, -0.1) is 11.3 Å². The number of nitrogens with zero attached hydrogens (tertiary/aromatic N) is 1. The second-order valence-electron chi connectivity index (χ2n) is 3.48. The maximum Gasteiger partial charge on any atom is 0.0890 e. The average Bonchev–Trinajstić information content (AvgIpc) is 2.77. The Labute approximate surface area is 102 Å². The lowest BCUT2D eigenvalue weighted by Crippen LogP contribution is -1.81. The summed E-state index contributed by atoms with van der Waals surface area (Å²) in [5.41, 5.74) is 5.04. The monoisotopic (exact) mass is 245 g/mol. The number of aromatic nitrogens is 1. The first kappa shape index (κ1) is 9.82. The Morgan fingerprint density at radius 2 is 1.75 bits per heavy atom. The summed E-state index contributed by atoms with van der Waals surface area (Å²) < 4.78 is 1.19. The second-order valence-corrected chi connectivity index (χ2v) is 4.78. The van der Waals surface area contributed by atoms with Crippen molar-refractivity contribution in [3.05, 3.63) is 53.0 Å². The van der Waals surface area contributed by atoms with Gasteiger partial charge in [0.1, 0.15) is 0 Å². The van der Waals surface area contributed by atoms with Crippen molar-refractivity contribution in [2.45, 2.75) is 0 Å². The second kappa shape index (κ2) is 3.89. The molecule has 1 aromatic heterocycles. The highest BCUT2D eigenvalue weighted by atomic mass is 35.5. The normalized spacial score (nSPS) is 10.8. The molecule has 1 heterocycles. The summed E-state index contributed by atoms with van der Waals surface area (Å²) in [4.78, 5) is 4.40. The van der Waals surface area contributed by atoms with Crippen molar-refractivity contribution in [1.29, 1.82) is 0 Å². The van der Waals surface area contributed by atoms with E-state index in [1.54, 1.807) is 11.3 Å². The minimum absolute atomic E-state index is 0.767. The molecule has 3 rings (SSSR count). The maximum atomic E-state index is 6.20. The Balaban J connectivity index is 2.34. The first-order chi connectivity index (χ1) is 7.86. The lowest BCUT2D eigenvalue weighted by Gasteiger charge is -2.04. The van der Waals surface area contributed by atoms with Gasteiger partial charge in [0.25, 0.3) is 0 Å². The van der Waals surface area contributed by atoms with E-state index < -0.39 is 0 Å². The molecule has 0 aliphatic heterocycles. The van der Waals surface area contributed by atoms with Gasteiger partial charge in [0.05, 0.1) is 15.7 Å². The predicted octanol–water partition coefficient (Wildman–Crippen LogP) is 4.62. The topological polar surface area (TPSA) is 12.9 Å². The lowest BCUT2D eigenvalue weighted by molar-refractivity contribution is 1.49. The minimum Gasteiger partial charge on any atom is -0.244 e. The van der Waals surface area contributed by atoms with Crippen molar-refractivity contribution in [1.82, 2.24) is 4.98 Å². The third kappa shape index (κ3) is 1.51. The van der Waals surface area contributed by atoms with E-state index in [0.717, 1.165) is 21.7 Å². The van der Waals surface area contributed by atoms with E-state index in [4.69, 9.17) is 11.6 Å². The van der Waals surface area contributed by atoms with E-state index in [1.807, 2.05) is 35.8 Å². The van der Waals surface area contributed by atoms with Crippen LogP contribution >= 0.6 is 22.9 Å². The van der Waals surface area contributed by atoms with Crippen LogP contribution in [0.4, 0.5) is 0 Å². The van der Waals surface area contributed by atoms with Gasteiger partial charge in [0, 0.05) is 16.1 Å². The van der Waals surface area contributed by atoms with Crippen molar-refractivity contribution in [2.75, 3.05) is 0 Å². The highest BCUT2D eigenvalue weighted by Crippen LogP contribution is 2.33. The van der Waals surface area contributed by atoms with Gasteiger partial charge in [-0.1, -0.05) is 41.9 Å². The van der Waals surface area contributed by atoms with Gasteiger partial charge in [-0.25, -0.2) is 4.98 Å². The van der Waals surface area contributed by atoms with Crippen LogP contribution in [-0.2, 0) is 0 Å². The smallest absolute Gasteiger partial charge is 0.0890 e. The molecule has 78 valence electrons. The summed E-state index contributed by atoms with van der Waals surface area (Å²) in [6.07, 6.45) is 0. The molecule has 0 amide bonds. The van der Waals surface area contributed by atoms with Gasteiger partial charge in [0.2, 0.25) is 0 Å². The van der Waals surface area contributed by atoms with Crippen molar-refractivity contribution in [2.24, 2.45) is 0 Å². The largest absolute Gasteiger partial charge is 0.244 e. The number of para-hydroxylation sites is 1. The van der Waals surface area contributed by atoms with Crippen molar-refractivity contribution >= 4 is 33.2 Å². The molecule has 0 saturated heterocycles. The Morgan fingerprint density at radius 1 is 0.938 bits per heavy atom. The molecule has 0 unspecified atom stereocenters. The summed E-state index contributed by atoms with van der Waals surface area (Å²) >= 11 is 7.85. The summed E-state index contributed by atoms with van der Waals surface area (Å²) in [5.74, 6) is 0. The zero-order valence-corrected chi connectivity index (χ0v) is 9.92. The Hall–Kier alpha value is -1.38. The minimum atomic E-state index is 0.767. The molecule has 2 aromatic carbocycles. The van der Waals surface area contributed by atoms with Crippen LogP contribution in [0, 0.1) is 0 Å². The van der Waals surface area contributed by atoms with Gasteiger partial charge >= 0.3 is 0 Å². The van der Waals surface area contributed by atoms with Crippen LogP contribution in [-0.4, -0.2) is 4.98 Å². The molecule has 1 nitrogen and oxygen atoms in total. The molecule has 3 aromatic rings. The number of hydrogen-bond acceptors (Lipinski definition) is 2. The van der Waals surface area contributed by atoms with E-state index in [2.05, 4.69) is 17.1 Å². The number of thiazole rings is 1. The van der Waals surface area contributed by atoms with Crippen molar-refractivity contribution < 1.29 is 0 Å². The molecule has 0 radical (unpaired) electrons. The number of fused-ring (bicyclic) bond motifs is 1. The molecule has 0 aliphatic carbocycles. The Kier molecular flexibility index (Phi) is 2.39. The van der Waals surface area contributed by atoms with Gasteiger partial charge in [-0.05, 0) is 12.1 Å². The van der Waals surface area contributed by atoms with E-state index in [1.165, 1.54) is 4.70 Å². The molecule has 0 atom stereocenters. The predicted molar refractivity (Wildman–Crippen MR) is 70.1 cm³/mol. The fourth-order valence-corrected chi connectivity index (χ4v) is 2.72. The van der Waals surface area contributed by atoms with Crippen LogP contribution in [0.2, 0.25) is 5.02 Å². The number of rotatable bonds is 1. The SMILES string of the molecule is Clc1ccccc1-c1cccc2scnc12. The van der Waals surface area contributed by atoms with Crippen LogP contribution in [0.1, 0.15) is 0 Å². The standard InChI is InChI=1S/C13H8ClNS/c14-11-6-2-1-4-9(11)10-5-3-7-12-13(10)15-8-16-12/h1-8H. The fraction of sp³-hybridized carbons (Fsp3) is 0. The Morgan fingerprint density at radius 3 is 2.62 bits per heavy atom. The molecule has 0 saturated carbocycles. The third-order valence-electron chi connectivity index (χ3n) is 2.52. The average molecular weight is 246 g/mol. The molecule has 0 N–H and O–H groups in total. The molecular weight excluding hydrogens is 238 g/mol. The highest BCUT2D eigenvalue weighted by molar-refractivity contribution is 7.16. The number of benzene rings is 2. The first-order valence-corrected chi connectivity index (χ1v) is 6.19. The molecule has 0 spiro atoms. The van der Waals surface area contributed by atoms with Gasteiger partial charge in [-0.2, -0.15) is 0 Å². The molecule has 0 fully saturated rings.